The lowest BCUT2D eigenvalue weighted by Gasteiger charge is -2.37. The van der Waals surface area contributed by atoms with Gasteiger partial charge in [-0.05, 0) is 36.6 Å². The molecular formula is C23H21N3O2S. The number of nitriles is 1. The summed E-state index contributed by atoms with van der Waals surface area (Å²) in [7, 11) is 0. The maximum Gasteiger partial charge on any atom is 0.268 e. The molecule has 1 saturated heterocycles. The predicted octanol–water partition coefficient (Wildman–Crippen LogP) is 3.63. The first-order chi connectivity index (χ1) is 14.1. The Bertz CT molecular complexity index is 1040. The van der Waals surface area contributed by atoms with Gasteiger partial charge in [-0.2, -0.15) is 5.26 Å². The van der Waals surface area contributed by atoms with E-state index in [1.165, 1.54) is 0 Å². The van der Waals surface area contributed by atoms with Gasteiger partial charge in [0.05, 0.1) is 23.9 Å². The lowest BCUT2D eigenvalue weighted by Crippen LogP contribution is -2.52. The number of carbonyl (C=O) groups is 2. The maximum atomic E-state index is 13.8. The Balaban J connectivity index is 1.55. The summed E-state index contributed by atoms with van der Waals surface area (Å²) in [6.45, 7) is 0.997. The van der Waals surface area contributed by atoms with Crippen molar-refractivity contribution in [3.63, 3.8) is 0 Å². The number of anilines is 1. The van der Waals surface area contributed by atoms with E-state index >= 15 is 0 Å². The number of nitrogens with zero attached hydrogens (tertiary/aromatic N) is 3. The highest BCUT2D eigenvalue weighted by Crippen LogP contribution is 2.55. The second kappa shape index (κ2) is 6.93. The molecule has 1 atom stereocenters. The molecule has 0 aromatic heterocycles. The van der Waals surface area contributed by atoms with Crippen LogP contribution in [0.5, 0.6) is 0 Å². The molecule has 2 fully saturated rings. The third-order valence-corrected chi connectivity index (χ3v) is 7.64. The monoisotopic (exact) mass is 403 g/mol. The average molecular weight is 404 g/mol. The molecule has 0 N–H and O–H groups in total. The van der Waals surface area contributed by atoms with Crippen LogP contribution in [0.4, 0.5) is 5.69 Å². The predicted molar refractivity (Wildman–Crippen MR) is 112 cm³/mol. The molecule has 1 spiro atoms. The van der Waals surface area contributed by atoms with Crippen molar-refractivity contribution < 1.29 is 9.59 Å². The number of thioether (sulfide) groups is 1. The number of benzene rings is 2. The van der Waals surface area contributed by atoms with E-state index < -0.39 is 4.87 Å². The van der Waals surface area contributed by atoms with Crippen molar-refractivity contribution in [3.8, 4) is 6.07 Å². The number of rotatable bonds is 3. The van der Waals surface area contributed by atoms with Crippen molar-refractivity contribution in [2.24, 2.45) is 5.92 Å². The van der Waals surface area contributed by atoms with E-state index in [4.69, 9.17) is 0 Å². The molecule has 5 rings (SSSR count). The topological polar surface area (TPSA) is 64.4 Å². The van der Waals surface area contributed by atoms with Crippen molar-refractivity contribution in [2.75, 3.05) is 17.2 Å². The fourth-order valence-corrected chi connectivity index (χ4v) is 6.01. The summed E-state index contributed by atoms with van der Waals surface area (Å²) in [6, 6.07) is 17.3. The number of hydrogen-bond donors (Lipinski definition) is 0. The van der Waals surface area contributed by atoms with Crippen LogP contribution in [0.3, 0.4) is 0 Å². The van der Waals surface area contributed by atoms with Crippen LogP contribution in [-0.2, 0) is 21.0 Å². The molecule has 2 aromatic carbocycles. The van der Waals surface area contributed by atoms with Crippen LogP contribution >= 0.6 is 11.8 Å². The first-order valence-corrected chi connectivity index (χ1v) is 11.0. The third kappa shape index (κ3) is 2.68. The van der Waals surface area contributed by atoms with Crippen molar-refractivity contribution in [3.05, 3.63) is 65.2 Å². The van der Waals surface area contributed by atoms with Crippen molar-refractivity contribution >= 4 is 29.3 Å². The molecule has 29 heavy (non-hydrogen) atoms. The van der Waals surface area contributed by atoms with Crippen LogP contribution in [0, 0.1) is 17.2 Å². The van der Waals surface area contributed by atoms with Crippen molar-refractivity contribution in [2.45, 2.75) is 30.7 Å². The summed E-state index contributed by atoms with van der Waals surface area (Å²) >= 11 is 1.58. The summed E-state index contributed by atoms with van der Waals surface area (Å²) in [5, 5.41) is 9.20. The van der Waals surface area contributed by atoms with Crippen molar-refractivity contribution in [1.82, 2.24) is 4.90 Å². The number of fused-ring (bicyclic) bond motifs is 2. The van der Waals surface area contributed by atoms with Crippen molar-refractivity contribution in [1.29, 1.82) is 5.26 Å². The molecule has 0 unspecified atom stereocenters. The Morgan fingerprint density at radius 2 is 2.03 bits per heavy atom. The fraction of sp³-hybridized carbons (Fsp3) is 0.348. The van der Waals surface area contributed by atoms with Crippen LogP contribution in [0.2, 0.25) is 0 Å². The minimum absolute atomic E-state index is 0.0452. The minimum atomic E-state index is -0.948. The normalized spacial score (nSPS) is 23.2. The smallest absolute Gasteiger partial charge is 0.268 e. The van der Waals surface area contributed by atoms with Gasteiger partial charge in [0.1, 0.15) is 0 Å². The third-order valence-electron chi connectivity index (χ3n) is 6.22. The summed E-state index contributed by atoms with van der Waals surface area (Å²) in [4.78, 5) is 29.7. The first kappa shape index (κ1) is 18.3. The van der Waals surface area contributed by atoms with E-state index in [1.807, 2.05) is 47.4 Å². The highest BCUT2D eigenvalue weighted by atomic mass is 32.2. The number of amides is 2. The molecule has 0 radical (unpaired) electrons. The molecule has 2 aromatic rings. The van der Waals surface area contributed by atoms with E-state index in [0.29, 0.717) is 18.7 Å². The summed E-state index contributed by atoms with van der Waals surface area (Å²) < 4.78 is 0. The summed E-state index contributed by atoms with van der Waals surface area (Å²) in [5.74, 6) is 0.900. The van der Waals surface area contributed by atoms with Gasteiger partial charge in [0.15, 0.2) is 4.87 Å². The van der Waals surface area contributed by atoms with Gasteiger partial charge in [-0.1, -0.05) is 36.8 Å². The lowest BCUT2D eigenvalue weighted by atomic mass is 9.84. The van der Waals surface area contributed by atoms with E-state index in [2.05, 4.69) is 6.07 Å². The zero-order chi connectivity index (χ0) is 20.0. The molecule has 1 saturated carbocycles. The van der Waals surface area contributed by atoms with Crippen LogP contribution in [0.25, 0.3) is 0 Å². The number of para-hydroxylation sites is 1. The molecule has 2 amide bonds. The van der Waals surface area contributed by atoms with E-state index in [-0.39, 0.29) is 17.7 Å². The second-order valence-electron chi connectivity index (χ2n) is 7.83. The molecule has 6 heteroatoms. The quantitative estimate of drug-likeness (QED) is 0.785. The van der Waals surface area contributed by atoms with E-state index in [9.17, 15) is 14.9 Å². The van der Waals surface area contributed by atoms with Gasteiger partial charge in [0.2, 0.25) is 5.91 Å². The molecule has 146 valence electrons. The minimum Gasteiger partial charge on any atom is -0.315 e. The number of hydrogen-bond acceptors (Lipinski definition) is 4. The van der Waals surface area contributed by atoms with E-state index in [0.717, 1.165) is 41.8 Å². The van der Waals surface area contributed by atoms with Gasteiger partial charge in [-0.3, -0.25) is 9.59 Å². The van der Waals surface area contributed by atoms with Gasteiger partial charge in [0.25, 0.3) is 5.91 Å². The van der Waals surface area contributed by atoms with Gasteiger partial charge in [-0.25, -0.2) is 0 Å². The van der Waals surface area contributed by atoms with Crippen LogP contribution < -0.4 is 4.90 Å². The second-order valence-corrected chi connectivity index (χ2v) is 9.12. The summed E-state index contributed by atoms with van der Waals surface area (Å²) in [5.41, 5.74) is 3.26. The Kier molecular flexibility index (Phi) is 4.36. The zero-order valence-corrected chi connectivity index (χ0v) is 16.8. The standard InChI is InChI=1S/C23H21N3O2S/c24-14-16-5-3-6-17(13-16)15-25-20-10-2-1-9-19(20)23(22(25)28)26(11-12-29-23)21(27)18-7-4-8-18/h1-3,5-6,9-10,13,18H,4,7-8,11-12,15H2/t23-/m1/s1. The van der Waals surface area contributed by atoms with Gasteiger partial charge < -0.3 is 9.80 Å². The van der Waals surface area contributed by atoms with Crippen LogP contribution in [0.15, 0.2) is 48.5 Å². The molecule has 5 nitrogen and oxygen atoms in total. The Morgan fingerprint density at radius 1 is 1.21 bits per heavy atom. The Morgan fingerprint density at radius 3 is 2.79 bits per heavy atom. The average Bonchev–Trinajstić information content (AvgIpc) is 3.24. The molecular weight excluding hydrogens is 382 g/mol. The van der Waals surface area contributed by atoms with E-state index in [1.54, 1.807) is 22.7 Å². The Labute approximate surface area is 174 Å². The van der Waals surface area contributed by atoms with Gasteiger partial charge in [0, 0.05) is 23.8 Å². The largest absolute Gasteiger partial charge is 0.315 e. The molecule has 0 bridgehead atoms. The Hall–Kier alpha value is -2.78. The molecule has 2 aliphatic heterocycles. The first-order valence-electron chi connectivity index (χ1n) is 10.0. The maximum absolute atomic E-state index is 13.8. The van der Waals surface area contributed by atoms with Gasteiger partial charge in [-0.15, -0.1) is 11.8 Å². The highest BCUT2D eigenvalue weighted by Gasteiger charge is 2.59. The van der Waals surface area contributed by atoms with Gasteiger partial charge >= 0.3 is 0 Å². The number of carbonyl (C=O) groups excluding carboxylic acids is 2. The SMILES string of the molecule is N#Cc1cccc(CN2C(=O)[C@]3(SCCN3C(=O)C3CCC3)c3ccccc32)c1. The van der Waals surface area contributed by atoms with Crippen LogP contribution in [-0.4, -0.2) is 29.0 Å². The fourth-order valence-electron chi connectivity index (χ4n) is 4.54. The lowest BCUT2D eigenvalue weighted by molar-refractivity contribution is -0.145. The molecule has 3 aliphatic rings. The summed E-state index contributed by atoms with van der Waals surface area (Å²) in [6.07, 6.45) is 2.95. The highest BCUT2D eigenvalue weighted by molar-refractivity contribution is 8.01. The zero-order valence-electron chi connectivity index (χ0n) is 16.0. The molecule has 1 aliphatic carbocycles. The van der Waals surface area contributed by atoms with Crippen LogP contribution in [0.1, 0.15) is 36.0 Å². The molecule has 2 heterocycles.